The monoisotopic (exact) mass is 247 g/mol. The molecule has 1 N–H and O–H groups in total. The molecule has 6 nitrogen and oxygen atoms in total. The Morgan fingerprint density at radius 3 is 3.00 bits per heavy atom. The van der Waals surface area contributed by atoms with E-state index < -0.39 is 0 Å². The lowest BCUT2D eigenvalue weighted by molar-refractivity contribution is 0.174. The minimum absolute atomic E-state index is 0.258. The number of rotatable bonds is 4. The average molecular weight is 247 g/mol. The fraction of sp³-hybridized carbons (Fsp3) is 0.333. The van der Waals surface area contributed by atoms with E-state index in [0.29, 0.717) is 24.1 Å². The summed E-state index contributed by atoms with van der Waals surface area (Å²) in [6.45, 7) is 3.72. The number of aromatic nitrogens is 2. The third-order valence-corrected chi connectivity index (χ3v) is 2.61. The zero-order valence-electron chi connectivity index (χ0n) is 9.97. The summed E-state index contributed by atoms with van der Waals surface area (Å²) in [5.74, 6) is 2.51. The lowest BCUT2D eigenvalue weighted by Gasteiger charge is -1.98. The van der Waals surface area contributed by atoms with Crippen LogP contribution < -0.4 is 14.8 Å². The third-order valence-electron chi connectivity index (χ3n) is 2.61. The summed E-state index contributed by atoms with van der Waals surface area (Å²) in [6.07, 6.45) is 0. The average Bonchev–Trinajstić information content (AvgIpc) is 3.04. The molecule has 0 radical (unpaired) electrons. The molecule has 2 aromatic rings. The summed E-state index contributed by atoms with van der Waals surface area (Å²) in [5, 5.41) is 11.1. The largest absolute Gasteiger partial charge is 0.454 e. The SMILES string of the molecule is CCNCc1nnc(-c2ccc3c(c2)OCO3)o1. The molecule has 6 heteroatoms. The van der Waals surface area contributed by atoms with Crippen molar-refractivity contribution < 1.29 is 13.9 Å². The molecule has 94 valence electrons. The molecule has 0 aliphatic carbocycles. The number of nitrogens with zero attached hydrogens (tertiary/aromatic N) is 2. The normalized spacial score (nSPS) is 12.9. The summed E-state index contributed by atoms with van der Waals surface area (Å²) in [6, 6.07) is 5.55. The fourth-order valence-electron chi connectivity index (χ4n) is 1.70. The zero-order chi connectivity index (χ0) is 12.4. The summed E-state index contributed by atoms with van der Waals surface area (Å²) < 4.78 is 16.1. The van der Waals surface area contributed by atoms with Crippen LogP contribution in [0.25, 0.3) is 11.5 Å². The molecule has 0 bridgehead atoms. The van der Waals surface area contributed by atoms with Crippen molar-refractivity contribution in [2.24, 2.45) is 0 Å². The van der Waals surface area contributed by atoms with Crippen LogP contribution in [-0.4, -0.2) is 23.5 Å². The Hall–Kier alpha value is -2.08. The standard InChI is InChI=1S/C12H13N3O3/c1-2-13-6-11-14-15-12(18-11)8-3-4-9-10(5-8)17-7-16-9/h3-5,13H,2,6-7H2,1H3. The Labute approximate surface area is 104 Å². The van der Waals surface area contributed by atoms with Gasteiger partial charge in [0.15, 0.2) is 11.5 Å². The van der Waals surface area contributed by atoms with E-state index in [0.717, 1.165) is 17.9 Å². The van der Waals surface area contributed by atoms with E-state index in [1.165, 1.54) is 0 Å². The minimum Gasteiger partial charge on any atom is -0.454 e. The van der Waals surface area contributed by atoms with Crippen LogP contribution in [0.3, 0.4) is 0 Å². The predicted molar refractivity (Wildman–Crippen MR) is 63.2 cm³/mol. The molecule has 2 heterocycles. The van der Waals surface area contributed by atoms with Crippen LogP contribution in [0.1, 0.15) is 12.8 Å². The number of ether oxygens (including phenoxy) is 2. The zero-order valence-corrected chi connectivity index (χ0v) is 9.97. The molecule has 0 saturated heterocycles. The molecule has 1 aromatic carbocycles. The molecule has 0 amide bonds. The van der Waals surface area contributed by atoms with Gasteiger partial charge in [-0.15, -0.1) is 10.2 Å². The highest BCUT2D eigenvalue weighted by atomic mass is 16.7. The lowest BCUT2D eigenvalue weighted by atomic mass is 10.2. The first-order valence-corrected chi connectivity index (χ1v) is 5.80. The van der Waals surface area contributed by atoms with Gasteiger partial charge in [-0.2, -0.15) is 0 Å². The number of hydrogen-bond acceptors (Lipinski definition) is 6. The van der Waals surface area contributed by atoms with Gasteiger partial charge in [-0.25, -0.2) is 0 Å². The molecule has 0 fully saturated rings. The second-order valence-electron chi connectivity index (χ2n) is 3.85. The number of benzene rings is 1. The first-order chi connectivity index (χ1) is 8.86. The maximum absolute atomic E-state index is 5.55. The van der Waals surface area contributed by atoms with E-state index >= 15 is 0 Å². The minimum atomic E-state index is 0.258. The Morgan fingerprint density at radius 1 is 1.22 bits per heavy atom. The van der Waals surface area contributed by atoms with Crippen molar-refractivity contribution in [2.45, 2.75) is 13.5 Å². The molecule has 0 saturated carbocycles. The van der Waals surface area contributed by atoms with Gasteiger partial charge in [0.25, 0.3) is 0 Å². The van der Waals surface area contributed by atoms with Gasteiger partial charge in [-0.1, -0.05) is 6.92 Å². The highest BCUT2D eigenvalue weighted by Gasteiger charge is 2.16. The summed E-state index contributed by atoms with van der Waals surface area (Å²) in [7, 11) is 0. The topological polar surface area (TPSA) is 69.4 Å². The molecule has 0 atom stereocenters. The van der Waals surface area contributed by atoms with Gasteiger partial charge < -0.3 is 19.2 Å². The number of nitrogens with one attached hydrogen (secondary N) is 1. The van der Waals surface area contributed by atoms with E-state index in [1.807, 2.05) is 25.1 Å². The Balaban J connectivity index is 1.83. The van der Waals surface area contributed by atoms with Crippen molar-refractivity contribution in [3.8, 4) is 23.0 Å². The first kappa shape index (κ1) is 11.0. The molecule has 1 aliphatic heterocycles. The molecular formula is C12H13N3O3. The molecule has 1 aromatic heterocycles. The maximum Gasteiger partial charge on any atom is 0.247 e. The van der Waals surface area contributed by atoms with Crippen molar-refractivity contribution in [1.82, 2.24) is 15.5 Å². The van der Waals surface area contributed by atoms with Crippen LogP contribution in [0, 0.1) is 0 Å². The van der Waals surface area contributed by atoms with E-state index in [4.69, 9.17) is 13.9 Å². The van der Waals surface area contributed by atoms with Gasteiger partial charge in [0.2, 0.25) is 18.6 Å². The Kier molecular flexibility index (Phi) is 2.85. The number of fused-ring (bicyclic) bond motifs is 1. The molecule has 3 rings (SSSR count). The first-order valence-electron chi connectivity index (χ1n) is 5.80. The van der Waals surface area contributed by atoms with E-state index in [9.17, 15) is 0 Å². The number of hydrogen-bond donors (Lipinski definition) is 1. The second kappa shape index (κ2) is 4.66. The highest BCUT2D eigenvalue weighted by Crippen LogP contribution is 2.35. The van der Waals surface area contributed by atoms with Crippen molar-refractivity contribution >= 4 is 0 Å². The van der Waals surface area contributed by atoms with E-state index in [-0.39, 0.29) is 6.79 Å². The van der Waals surface area contributed by atoms with E-state index in [2.05, 4.69) is 15.5 Å². The summed E-state index contributed by atoms with van der Waals surface area (Å²) in [4.78, 5) is 0. The Bertz CT molecular complexity index is 553. The lowest BCUT2D eigenvalue weighted by Crippen LogP contribution is -2.11. The van der Waals surface area contributed by atoms with Crippen LogP contribution >= 0.6 is 0 Å². The van der Waals surface area contributed by atoms with Gasteiger partial charge in [0, 0.05) is 5.56 Å². The van der Waals surface area contributed by atoms with Gasteiger partial charge in [0.1, 0.15) is 0 Å². The van der Waals surface area contributed by atoms with Gasteiger partial charge in [-0.3, -0.25) is 0 Å². The van der Waals surface area contributed by atoms with Crippen LogP contribution in [0.15, 0.2) is 22.6 Å². The van der Waals surface area contributed by atoms with Crippen LogP contribution in [0.4, 0.5) is 0 Å². The second-order valence-corrected chi connectivity index (χ2v) is 3.85. The maximum atomic E-state index is 5.55. The highest BCUT2D eigenvalue weighted by molar-refractivity contribution is 5.60. The van der Waals surface area contributed by atoms with Crippen molar-refractivity contribution in [3.05, 3.63) is 24.1 Å². The van der Waals surface area contributed by atoms with Crippen molar-refractivity contribution in [1.29, 1.82) is 0 Å². The van der Waals surface area contributed by atoms with Crippen LogP contribution in [0.2, 0.25) is 0 Å². The third kappa shape index (κ3) is 2.02. The van der Waals surface area contributed by atoms with Crippen LogP contribution in [0.5, 0.6) is 11.5 Å². The molecule has 0 unspecified atom stereocenters. The van der Waals surface area contributed by atoms with Crippen LogP contribution in [-0.2, 0) is 6.54 Å². The van der Waals surface area contributed by atoms with Gasteiger partial charge in [0.05, 0.1) is 6.54 Å². The van der Waals surface area contributed by atoms with E-state index in [1.54, 1.807) is 0 Å². The van der Waals surface area contributed by atoms with Gasteiger partial charge >= 0.3 is 0 Å². The smallest absolute Gasteiger partial charge is 0.247 e. The summed E-state index contributed by atoms with van der Waals surface area (Å²) >= 11 is 0. The summed E-state index contributed by atoms with van der Waals surface area (Å²) in [5.41, 5.74) is 0.828. The quantitative estimate of drug-likeness (QED) is 0.884. The molecule has 18 heavy (non-hydrogen) atoms. The predicted octanol–water partition coefficient (Wildman–Crippen LogP) is 1.57. The fourth-order valence-corrected chi connectivity index (χ4v) is 1.70. The molecular weight excluding hydrogens is 234 g/mol. The van der Waals surface area contributed by atoms with Crippen molar-refractivity contribution in [3.63, 3.8) is 0 Å². The van der Waals surface area contributed by atoms with Gasteiger partial charge in [-0.05, 0) is 24.7 Å². The molecule has 1 aliphatic rings. The van der Waals surface area contributed by atoms with Crippen molar-refractivity contribution in [2.75, 3.05) is 13.3 Å². The molecule has 0 spiro atoms. The Morgan fingerprint density at radius 2 is 2.11 bits per heavy atom.